The summed E-state index contributed by atoms with van der Waals surface area (Å²) < 4.78 is 5.12. The van der Waals surface area contributed by atoms with Crippen LogP contribution in [0.3, 0.4) is 0 Å². The standard InChI is InChI=1S/C9H16O2/c1-11-8-5-9(10,6-8)4-7-2-3-7/h7-8,10H,2-6H2,1H3. The summed E-state index contributed by atoms with van der Waals surface area (Å²) >= 11 is 0. The third kappa shape index (κ3) is 1.57. The molecule has 2 aliphatic rings. The lowest BCUT2D eigenvalue weighted by atomic mass is 9.74. The first-order chi connectivity index (χ1) is 5.22. The first-order valence-electron chi connectivity index (χ1n) is 4.47. The molecule has 0 aliphatic heterocycles. The van der Waals surface area contributed by atoms with Gasteiger partial charge in [0, 0.05) is 20.0 Å². The van der Waals surface area contributed by atoms with Gasteiger partial charge in [-0.05, 0) is 12.3 Å². The van der Waals surface area contributed by atoms with Crippen LogP contribution in [0.1, 0.15) is 32.1 Å². The zero-order valence-electron chi connectivity index (χ0n) is 7.05. The topological polar surface area (TPSA) is 29.5 Å². The van der Waals surface area contributed by atoms with Crippen molar-refractivity contribution in [2.45, 2.75) is 43.8 Å². The van der Waals surface area contributed by atoms with Crippen molar-refractivity contribution in [2.75, 3.05) is 7.11 Å². The van der Waals surface area contributed by atoms with E-state index in [1.165, 1.54) is 12.8 Å². The number of rotatable bonds is 3. The molecule has 0 aromatic heterocycles. The van der Waals surface area contributed by atoms with Crippen molar-refractivity contribution in [1.82, 2.24) is 0 Å². The molecule has 0 aromatic rings. The molecule has 1 N–H and O–H groups in total. The lowest BCUT2D eigenvalue weighted by Gasteiger charge is -2.43. The van der Waals surface area contributed by atoms with Crippen LogP contribution in [-0.4, -0.2) is 23.9 Å². The Morgan fingerprint density at radius 1 is 1.45 bits per heavy atom. The Balaban J connectivity index is 1.75. The Morgan fingerprint density at radius 2 is 2.09 bits per heavy atom. The summed E-state index contributed by atoms with van der Waals surface area (Å²) in [5, 5.41) is 9.84. The largest absolute Gasteiger partial charge is 0.390 e. The number of hydrogen-bond donors (Lipinski definition) is 1. The highest BCUT2D eigenvalue weighted by molar-refractivity contribution is 4.98. The van der Waals surface area contributed by atoms with Crippen molar-refractivity contribution in [3.8, 4) is 0 Å². The van der Waals surface area contributed by atoms with Crippen LogP contribution in [0.25, 0.3) is 0 Å². The first-order valence-corrected chi connectivity index (χ1v) is 4.47. The highest BCUT2D eigenvalue weighted by atomic mass is 16.5. The third-order valence-corrected chi connectivity index (χ3v) is 2.91. The molecule has 2 fully saturated rings. The van der Waals surface area contributed by atoms with Crippen molar-refractivity contribution in [2.24, 2.45) is 5.92 Å². The van der Waals surface area contributed by atoms with Gasteiger partial charge in [-0.2, -0.15) is 0 Å². The van der Waals surface area contributed by atoms with Gasteiger partial charge in [-0.1, -0.05) is 12.8 Å². The molecule has 0 atom stereocenters. The minimum absolute atomic E-state index is 0.332. The highest BCUT2D eigenvalue weighted by Crippen LogP contribution is 2.45. The van der Waals surface area contributed by atoms with Gasteiger partial charge in [0.05, 0.1) is 11.7 Å². The summed E-state index contributed by atoms with van der Waals surface area (Å²) in [5.74, 6) is 0.831. The van der Waals surface area contributed by atoms with Gasteiger partial charge in [0.25, 0.3) is 0 Å². The second-order valence-corrected chi connectivity index (χ2v) is 4.14. The van der Waals surface area contributed by atoms with Crippen LogP contribution >= 0.6 is 0 Å². The average Bonchev–Trinajstić information content (AvgIpc) is 2.66. The summed E-state index contributed by atoms with van der Waals surface area (Å²) in [6.45, 7) is 0. The molecule has 0 aromatic carbocycles. The van der Waals surface area contributed by atoms with Gasteiger partial charge in [0.1, 0.15) is 0 Å². The zero-order chi connectivity index (χ0) is 7.90. The lowest BCUT2D eigenvalue weighted by molar-refractivity contribution is -0.133. The van der Waals surface area contributed by atoms with Gasteiger partial charge in [-0.25, -0.2) is 0 Å². The van der Waals surface area contributed by atoms with Crippen LogP contribution in [0.5, 0.6) is 0 Å². The zero-order valence-corrected chi connectivity index (χ0v) is 7.05. The number of methoxy groups -OCH3 is 1. The van der Waals surface area contributed by atoms with E-state index in [0.29, 0.717) is 6.10 Å². The van der Waals surface area contributed by atoms with Crippen LogP contribution in [0, 0.1) is 5.92 Å². The fourth-order valence-electron chi connectivity index (χ4n) is 1.98. The minimum atomic E-state index is -0.345. The molecule has 0 saturated heterocycles. The minimum Gasteiger partial charge on any atom is -0.390 e. The van der Waals surface area contributed by atoms with Gasteiger partial charge in [0.2, 0.25) is 0 Å². The number of aliphatic hydroxyl groups is 1. The van der Waals surface area contributed by atoms with Gasteiger partial charge < -0.3 is 9.84 Å². The quantitative estimate of drug-likeness (QED) is 0.668. The fourth-order valence-corrected chi connectivity index (χ4v) is 1.98. The van der Waals surface area contributed by atoms with E-state index in [9.17, 15) is 5.11 Å². The molecule has 2 nitrogen and oxygen atoms in total. The second-order valence-electron chi connectivity index (χ2n) is 4.14. The molecule has 2 heteroatoms. The van der Waals surface area contributed by atoms with E-state index in [0.717, 1.165) is 25.2 Å². The fraction of sp³-hybridized carbons (Fsp3) is 1.00. The van der Waals surface area contributed by atoms with E-state index < -0.39 is 0 Å². The van der Waals surface area contributed by atoms with Crippen LogP contribution in [0.2, 0.25) is 0 Å². The number of ether oxygens (including phenoxy) is 1. The van der Waals surface area contributed by atoms with E-state index in [2.05, 4.69) is 0 Å². The first kappa shape index (κ1) is 7.56. The monoisotopic (exact) mass is 156 g/mol. The highest BCUT2D eigenvalue weighted by Gasteiger charge is 2.45. The van der Waals surface area contributed by atoms with E-state index in [4.69, 9.17) is 4.74 Å². The van der Waals surface area contributed by atoms with E-state index >= 15 is 0 Å². The molecule has 64 valence electrons. The van der Waals surface area contributed by atoms with E-state index in [1.54, 1.807) is 7.11 Å². The van der Waals surface area contributed by atoms with Crippen LogP contribution in [0.15, 0.2) is 0 Å². The maximum absolute atomic E-state index is 9.84. The Hall–Kier alpha value is -0.0800. The molecule has 0 amide bonds. The predicted octanol–water partition coefficient (Wildman–Crippen LogP) is 1.33. The molecule has 11 heavy (non-hydrogen) atoms. The van der Waals surface area contributed by atoms with Crippen molar-refractivity contribution >= 4 is 0 Å². The second kappa shape index (κ2) is 2.46. The summed E-state index contributed by atoms with van der Waals surface area (Å²) in [6.07, 6.45) is 5.74. The maximum atomic E-state index is 9.84. The third-order valence-electron chi connectivity index (χ3n) is 2.91. The molecule has 2 aliphatic carbocycles. The molecule has 2 saturated carbocycles. The van der Waals surface area contributed by atoms with E-state index in [1.807, 2.05) is 0 Å². The molecule has 0 radical (unpaired) electrons. The summed E-state index contributed by atoms with van der Waals surface area (Å²) in [5.41, 5.74) is -0.345. The molecule has 0 spiro atoms. The molecular formula is C9H16O2. The predicted molar refractivity (Wildman–Crippen MR) is 42.3 cm³/mol. The molecule has 0 heterocycles. The normalized spacial score (nSPS) is 43.6. The smallest absolute Gasteiger partial charge is 0.0699 e. The average molecular weight is 156 g/mol. The summed E-state index contributed by atoms with van der Waals surface area (Å²) in [6, 6.07) is 0. The van der Waals surface area contributed by atoms with Crippen LogP contribution in [0.4, 0.5) is 0 Å². The van der Waals surface area contributed by atoms with Gasteiger partial charge in [0.15, 0.2) is 0 Å². The Morgan fingerprint density at radius 3 is 2.55 bits per heavy atom. The Labute approximate surface area is 67.6 Å². The van der Waals surface area contributed by atoms with Gasteiger partial charge in [-0.15, -0.1) is 0 Å². The van der Waals surface area contributed by atoms with Crippen LogP contribution < -0.4 is 0 Å². The maximum Gasteiger partial charge on any atom is 0.0699 e. The SMILES string of the molecule is COC1CC(O)(CC2CC2)C1. The Bertz CT molecular complexity index is 146. The van der Waals surface area contributed by atoms with E-state index in [-0.39, 0.29) is 5.60 Å². The summed E-state index contributed by atoms with van der Waals surface area (Å²) in [7, 11) is 1.72. The van der Waals surface area contributed by atoms with Crippen molar-refractivity contribution < 1.29 is 9.84 Å². The van der Waals surface area contributed by atoms with Crippen molar-refractivity contribution in [3.63, 3.8) is 0 Å². The van der Waals surface area contributed by atoms with Crippen molar-refractivity contribution in [3.05, 3.63) is 0 Å². The Kier molecular flexibility index (Phi) is 1.69. The van der Waals surface area contributed by atoms with Crippen LogP contribution in [-0.2, 0) is 4.74 Å². The molecular weight excluding hydrogens is 140 g/mol. The van der Waals surface area contributed by atoms with Gasteiger partial charge in [-0.3, -0.25) is 0 Å². The molecule has 0 bridgehead atoms. The molecule has 0 unspecified atom stereocenters. The molecule has 2 rings (SSSR count). The number of hydrogen-bond acceptors (Lipinski definition) is 2. The van der Waals surface area contributed by atoms with Crippen molar-refractivity contribution in [1.29, 1.82) is 0 Å². The summed E-state index contributed by atoms with van der Waals surface area (Å²) in [4.78, 5) is 0. The van der Waals surface area contributed by atoms with Gasteiger partial charge >= 0.3 is 0 Å². The lowest BCUT2D eigenvalue weighted by Crippen LogP contribution is -2.48.